The lowest BCUT2D eigenvalue weighted by molar-refractivity contribution is 0.183. The summed E-state index contributed by atoms with van der Waals surface area (Å²) in [6, 6.07) is 4.00. The third-order valence-corrected chi connectivity index (χ3v) is 2.27. The van der Waals surface area contributed by atoms with Crippen molar-refractivity contribution in [2.75, 3.05) is 7.11 Å². The van der Waals surface area contributed by atoms with E-state index >= 15 is 0 Å². The van der Waals surface area contributed by atoms with Gasteiger partial charge in [-0.05, 0) is 33.5 Å². The lowest BCUT2D eigenvalue weighted by Crippen LogP contribution is -2.01. The molecule has 0 aliphatic carbocycles. The van der Waals surface area contributed by atoms with Crippen molar-refractivity contribution in [3.63, 3.8) is 0 Å². The molecule has 0 fully saturated rings. The van der Waals surface area contributed by atoms with E-state index in [0.717, 1.165) is 10.3 Å². The molecule has 0 atom stereocenters. The molecule has 0 aromatic carbocycles. The van der Waals surface area contributed by atoms with Gasteiger partial charge >= 0.3 is 0 Å². The molecule has 13 heavy (non-hydrogen) atoms. The van der Waals surface area contributed by atoms with Gasteiger partial charge in [-0.3, -0.25) is 0 Å². The largest absolute Gasteiger partial charge is 0.380 e. The van der Waals surface area contributed by atoms with Gasteiger partial charge in [-0.25, -0.2) is 4.98 Å². The first-order chi connectivity index (χ1) is 6.15. The number of rotatable bonds is 3. The van der Waals surface area contributed by atoms with Gasteiger partial charge in [0.2, 0.25) is 0 Å². The maximum atomic E-state index is 5.10. The van der Waals surface area contributed by atoms with E-state index in [1.54, 1.807) is 7.11 Å². The van der Waals surface area contributed by atoms with E-state index in [9.17, 15) is 0 Å². The standard InChI is InChI=1S/C10H14BrNO/c1-7(2)10-8(6-13-3)4-5-9(11)12-10/h4-5,7H,6H2,1-3H3. The summed E-state index contributed by atoms with van der Waals surface area (Å²) in [6.45, 7) is 4.90. The molecule has 0 aliphatic rings. The number of ether oxygens (including phenoxy) is 1. The molecule has 1 aromatic heterocycles. The monoisotopic (exact) mass is 243 g/mol. The van der Waals surface area contributed by atoms with E-state index in [-0.39, 0.29) is 0 Å². The minimum atomic E-state index is 0.433. The Morgan fingerprint density at radius 3 is 2.69 bits per heavy atom. The summed E-state index contributed by atoms with van der Waals surface area (Å²) in [5.74, 6) is 0.433. The van der Waals surface area contributed by atoms with E-state index in [2.05, 4.69) is 40.8 Å². The second-order valence-electron chi connectivity index (χ2n) is 3.27. The van der Waals surface area contributed by atoms with Crippen LogP contribution < -0.4 is 0 Å². The number of halogens is 1. The molecule has 0 saturated heterocycles. The van der Waals surface area contributed by atoms with E-state index < -0.39 is 0 Å². The summed E-state index contributed by atoms with van der Waals surface area (Å²) in [7, 11) is 1.70. The molecule has 0 bridgehead atoms. The van der Waals surface area contributed by atoms with Crippen molar-refractivity contribution in [3.8, 4) is 0 Å². The summed E-state index contributed by atoms with van der Waals surface area (Å²) < 4.78 is 5.99. The van der Waals surface area contributed by atoms with Crippen LogP contribution in [0.4, 0.5) is 0 Å². The highest BCUT2D eigenvalue weighted by Crippen LogP contribution is 2.20. The minimum Gasteiger partial charge on any atom is -0.380 e. The molecule has 72 valence electrons. The molecule has 1 rings (SSSR count). The van der Waals surface area contributed by atoms with Crippen molar-refractivity contribution >= 4 is 15.9 Å². The fourth-order valence-electron chi connectivity index (χ4n) is 1.26. The topological polar surface area (TPSA) is 22.1 Å². The molecule has 3 heteroatoms. The maximum Gasteiger partial charge on any atom is 0.106 e. The van der Waals surface area contributed by atoms with Crippen molar-refractivity contribution in [1.82, 2.24) is 4.98 Å². The minimum absolute atomic E-state index is 0.433. The molecule has 0 spiro atoms. The van der Waals surface area contributed by atoms with Gasteiger partial charge in [-0.1, -0.05) is 19.9 Å². The highest BCUT2D eigenvalue weighted by Gasteiger charge is 2.08. The Morgan fingerprint density at radius 1 is 1.46 bits per heavy atom. The zero-order valence-corrected chi connectivity index (χ0v) is 9.76. The number of methoxy groups -OCH3 is 1. The molecular weight excluding hydrogens is 230 g/mol. The molecule has 0 unspecified atom stereocenters. The van der Waals surface area contributed by atoms with Crippen molar-refractivity contribution in [2.24, 2.45) is 0 Å². The van der Waals surface area contributed by atoms with Crippen molar-refractivity contribution in [1.29, 1.82) is 0 Å². The summed E-state index contributed by atoms with van der Waals surface area (Å²) >= 11 is 3.36. The van der Waals surface area contributed by atoms with Crippen LogP contribution >= 0.6 is 15.9 Å². The lowest BCUT2D eigenvalue weighted by Gasteiger charge is -2.10. The zero-order valence-electron chi connectivity index (χ0n) is 8.17. The molecule has 1 heterocycles. The van der Waals surface area contributed by atoms with E-state index in [0.29, 0.717) is 12.5 Å². The molecule has 0 aliphatic heterocycles. The predicted octanol–water partition coefficient (Wildman–Crippen LogP) is 3.11. The molecule has 0 radical (unpaired) electrons. The van der Waals surface area contributed by atoms with Crippen molar-refractivity contribution < 1.29 is 4.74 Å². The number of aromatic nitrogens is 1. The number of hydrogen-bond acceptors (Lipinski definition) is 2. The van der Waals surface area contributed by atoms with E-state index in [4.69, 9.17) is 4.74 Å². The van der Waals surface area contributed by atoms with E-state index in [1.165, 1.54) is 5.56 Å². The third-order valence-electron chi connectivity index (χ3n) is 1.83. The Balaban J connectivity index is 3.03. The normalized spacial score (nSPS) is 10.8. The van der Waals surface area contributed by atoms with Gasteiger partial charge in [0.1, 0.15) is 4.60 Å². The second-order valence-corrected chi connectivity index (χ2v) is 4.08. The fourth-order valence-corrected chi connectivity index (χ4v) is 1.58. The summed E-state index contributed by atoms with van der Waals surface area (Å²) in [5, 5.41) is 0. The van der Waals surface area contributed by atoms with Crippen LogP contribution in [0.3, 0.4) is 0 Å². The van der Waals surface area contributed by atoms with Crippen LogP contribution in [0, 0.1) is 0 Å². The third kappa shape index (κ3) is 2.78. The Hall–Kier alpha value is -0.410. The van der Waals surface area contributed by atoms with Gasteiger partial charge in [0.25, 0.3) is 0 Å². The van der Waals surface area contributed by atoms with Crippen LogP contribution in [0.5, 0.6) is 0 Å². The van der Waals surface area contributed by atoms with Crippen molar-refractivity contribution in [3.05, 3.63) is 28.0 Å². The van der Waals surface area contributed by atoms with E-state index in [1.807, 2.05) is 6.07 Å². The van der Waals surface area contributed by atoms with Gasteiger partial charge < -0.3 is 4.74 Å². The highest BCUT2D eigenvalue weighted by atomic mass is 79.9. The first-order valence-corrected chi connectivity index (χ1v) is 5.08. The molecular formula is C10H14BrNO. The van der Waals surface area contributed by atoms with Gasteiger partial charge in [0, 0.05) is 12.8 Å². The summed E-state index contributed by atoms with van der Waals surface area (Å²) in [6.07, 6.45) is 0. The quantitative estimate of drug-likeness (QED) is 0.762. The van der Waals surface area contributed by atoms with Gasteiger partial charge in [0.05, 0.1) is 6.61 Å². The predicted molar refractivity (Wildman–Crippen MR) is 56.7 cm³/mol. The number of hydrogen-bond donors (Lipinski definition) is 0. The lowest BCUT2D eigenvalue weighted by atomic mass is 10.0. The Bertz CT molecular complexity index is 286. The fraction of sp³-hybridized carbons (Fsp3) is 0.500. The Morgan fingerprint density at radius 2 is 2.15 bits per heavy atom. The zero-order chi connectivity index (χ0) is 9.84. The smallest absolute Gasteiger partial charge is 0.106 e. The van der Waals surface area contributed by atoms with Gasteiger partial charge in [-0.15, -0.1) is 0 Å². The SMILES string of the molecule is COCc1ccc(Br)nc1C(C)C. The summed E-state index contributed by atoms with van der Waals surface area (Å²) in [5.41, 5.74) is 2.27. The Labute approximate surface area is 87.5 Å². The highest BCUT2D eigenvalue weighted by molar-refractivity contribution is 9.10. The Kier molecular flexibility index (Phi) is 3.88. The first-order valence-electron chi connectivity index (χ1n) is 4.29. The van der Waals surface area contributed by atoms with Crippen LogP contribution in [0.25, 0.3) is 0 Å². The average Bonchev–Trinajstić information content (AvgIpc) is 2.08. The molecule has 1 aromatic rings. The first kappa shape index (κ1) is 10.7. The molecule has 2 nitrogen and oxygen atoms in total. The molecule has 0 amide bonds. The second kappa shape index (κ2) is 4.72. The van der Waals surface area contributed by atoms with Crippen molar-refractivity contribution in [2.45, 2.75) is 26.4 Å². The van der Waals surface area contributed by atoms with Crippen LogP contribution in [-0.4, -0.2) is 12.1 Å². The number of pyridine rings is 1. The average molecular weight is 244 g/mol. The van der Waals surface area contributed by atoms with Crippen LogP contribution in [0.2, 0.25) is 0 Å². The summed E-state index contributed by atoms with van der Waals surface area (Å²) in [4.78, 5) is 4.43. The molecule has 0 saturated carbocycles. The maximum absolute atomic E-state index is 5.10. The van der Waals surface area contributed by atoms with Crippen LogP contribution in [0.15, 0.2) is 16.7 Å². The van der Waals surface area contributed by atoms with Crippen LogP contribution in [-0.2, 0) is 11.3 Å². The number of nitrogens with zero attached hydrogens (tertiary/aromatic N) is 1. The van der Waals surface area contributed by atoms with Gasteiger partial charge in [-0.2, -0.15) is 0 Å². The molecule has 0 N–H and O–H groups in total. The van der Waals surface area contributed by atoms with Gasteiger partial charge in [0.15, 0.2) is 0 Å². The van der Waals surface area contributed by atoms with Crippen LogP contribution in [0.1, 0.15) is 31.0 Å².